The van der Waals surface area contributed by atoms with Crippen molar-refractivity contribution >= 4 is 33.9 Å². The summed E-state index contributed by atoms with van der Waals surface area (Å²) >= 11 is 0. The average molecular weight is 348 g/mol. The SMILES string of the molecule is Cn1cc(C(=O)NNC(=O)Nn2cnc3ccccc32)c2ccccc21. The lowest BCUT2D eigenvalue weighted by Crippen LogP contribution is -2.45. The Bertz CT molecular complexity index is 1130. The second-order valence-corrected chi connectivity index (χ2v) is 5.79. The molecule has 0 spiro atoms. The molecule has 130 valence electrons. The van der Waals surface area contributed by atoms with Gasteiger partial charge in [-0.3, -0.25) is 10.2 Å². The Morgan fingerprint density at radius 1 is 0.962 bits per heavy atom. The van der Waals surface area contributed by atoms with Gasteiger partial charge in [-0.05, 0) is 18.2 Å². The van der Waals surface area contributed by atoms with E-state index >= 15 is 0 Å². The summed E-state index contributed by atoms with van der Waals surface area (Å²) < 4.78 is 3.34. The van der Waals surface area contributed by atoms with Gasteiger partial charge in [-0.2, -0.15) is 0 Å². The zero-order valence-electron chi connectivity index (χ0n) is 13.9. The van der Waals surface area contributed by atoms with Crippen LogP contribution in [0.2, 0.25) is 0 Å². The molecule has 2 aromatic heterocycles. The summed E-state index contributed by atoms with van der Waals surface area (Å²) in [5.74, 6) is -0.396. The number of fused-ring (bicyclic) bond motifs is 2. The maximum atomic E-state index is 12.4. The number of aromatic nitrogens is 3. The van der Waals surface area contributed by atoms with Gasteiger partial charge in [0.2, 0.25) is 0 Å². The van der Waals surface area contributed by atoms with Crippen LogP contribution in [-0.2, 0) is 7.05 Å². The fraction of sp³-hybridized carbons (Fsp3) is 0.0556. The summed E-state index contributed by atoms with van der Waals surface area (Å²) in [6, 6.07) is 14.4. The number of hydrogen-bond donors (Lipinski definition) is 3. The largest absolute Gasteiger partial charge is 0.352 e. The van der Waals surface area contributed by atoms with Crippen LogP contribution >= 0.6 is 0 Å². The number of benzene rings is 2. The number of amides is 3. The monoisotopic (exact) mass is 348 g/mol. The first-order valence-corrected chi connectivity index (χ1v) is 7.97. The lowest BCUT2D eigenvalue weighted by Gasteiger charge is -2.09. The first-order valence-electron chi connectivity index (χ1n) is 7.97. The van der Waals surface area contributed by atoms with E-state index in [4.69, 9.17) is 0 Å². The van der Waals surface area contributed by atoms with Crippen LogP contribution in [0.15, 0.2) is 61.1 Å². The van der Waals surface area contributed by atoms with Gasteiger partial charge < -0.3 is 4.57 Å². The smallest absolute Gasteiger partial charge is 0.350 e. The van der Waals surface area contributed by atoms with Gasteiger partial charge in [0.1, 0.15) is 6.33 Å². The van der Waals surface area contributed by atoms with E-state index in [-0.39, 0.29) is 0 Å². The molecule has 4 aromatic rings. The van der Waals surface area contributed by atoms with Crippen molar-refractivity contribution in [3.63, 3.8) is 0 Å². The molecule has 4 rings (SSSR count). The number of para-hydroxylation sites is 3. The van der Waals surface area contributed by atoms with Crippen molar-refractivity contribution in [2.24, 2.45) is 7.05 Å². The molecule has 8 heteroatoms. The zero-order chi connectivity index (χ0) is 18.1. The summed E-state index contributed by atoms with van der Waals surface area (Å²) in [6.07, 6.45) is 3.22. The Morgan fingerprint density at radius 3 is 2.54 bits per heavy atom. The second-order valence-electron chi connectivity index (χ2n) is 5.79. The van der Waals surface area contributed by atoms with E-state index in [1.54, 1.807) is 6.20 Å². The molecule has 0 fully saturated rings. The number of hydrogen-bond acceptors (Lipinski definition) is 3. The van der Waals surface area contributed by atoms with Crippen LogP contribution in [0, 0.1) is 0 Å². The molecule has 26 heavy (non-hydrogen) atoms. The number of aryl methyl sites for hydroxylation is 1. The van der Waals surface area contributed by atoms with Crippen molar-refractivity contribution in [2.45, 2.75) is 0 Å². The van der Waals surface area contributed by atoms with E-state index in [1.807, 2.05) is 60.1 Å². The number of hydrazine groups is 1. The van der Waals surface area contributed by atoms with Crippen LogP contribution in [0.3, 0.4) is 0 Å². The molecular formula is C18H16N6O2. The van der Waals surface area contributed by atoms with Crippen molar-refractivity contribution in [3.8, 4) is 0 Å². The fourth-order valence-corrected chi connectivity index (χ4v) is 2.89. The number of nitrogens with zero attached hydrogens (tertiary/aromatic N) is 3. The maximum Gasteiger partial charge on any atom is 0.352 e. The third kappa shape index (κ3) is 2.73. The molecular weight excluding hydrogens is 332 g/mol. The van der Waals surface area contributed by atoms with E-state index in [9.17, 15) is 9.59 Å². The highest BCUT2D eigenvalue weighted by molar-refractivity contribution is 6.07. The Hall–Kier alpha value is -3.81. The van der Waals surface area contributed by atoms with Crippen LogP contribution in [0.25, 0.3) is 21.9 Å². The molecule has 0 aliphatic heterocycles. The quantitative estimate of drug-likeness (QED) is 0.485. The molecule has 0 radical (unpaired) electrons. The highest BCUT2D eigenvalue weighted by Gasteiger charge is 2.14. The topological polar surface area (TPSA) is 93.0 Å². The van der Waals surface area contributed by atoms with Crippen molar-refractivity contribution in [1.29, 1.82) is 0 Å². The Morgan fingerprint density at radius 2 is 1.69 bits per heavy atom. The van der Waals surface area contributed by atoms with Crippen LogP contribution < -0.4 is 16.3 Å². The summed E-state index contributed by atoms with van der Waals surface area (Å²) in [7, 11) is 1.86. The van der Waals surface area contributed by atoms with Crippen molar-refractivity contribution in [2.75, 3.05) is 5.43 Å². The number of urea groups is 1. The van der Waals surface area contributed by atoms with Crippen LogP contribution in [0.4, 0.5) is 4.79 Å². The Labute approximate surface area is 148 Å². The predicted octanol–water partition coefficient (Wildman–Crippen LogP) is 2.13. The standard InChI is InChI=1S/C18H16N6O2/c1-23-10-13(12-6-2-4-8-15(12)23)17(25)20-21-18(26)22-24-11-19-14-7-3-5-9-16(14)24/h2-11H,1H3,(H,20,25)(H2,21,22,26). The van der Waals surface area contributed by atoms with E-state index in [0.29, 0.717) is 5.56 Å². The molecule has 0 atom stereocenters. The molecule has 0 aliphatic rings. The zero-order valence-corrected chi connectivity index (χ0v) is 13.9. The van der Waals surface area contributed by atoms with Crippen molar-refractivity contribution in [1.82, 2.24) is 25.1 Å². The van der Waals surface area contributed by atoms with Crippen LogP contribution in [-0.4, -0.2) is 26.2 Å². The number of imidazole rings is 1. The van der Waals surface area contributed by atoms with Gasteiger partial charge in [0, 0.05) is 24.1 Å². The van der Waals surface area contributed by atoms with Crippen molar-refractivity contribution < 1.29 is 9.59 Å². The molecule has 2 heterocycles. The summed E-state index contributed by atoms with van der Waals surface area (Å²) in [4.78, 5) is 28.7. The lowest BCUT2D eigenvalue weighted by atomic mass is 10.2. The number of rotatable bonds is 2. The maximum absolute atomic E-state index is 12.4. The summed E-state index contributed by atoms with van der Waals surface area (Å²) in [6.45, 7) is 0. The highest BCUT2D eigenvalue weighted by Crippen LogP contribution is 2.19. The van der Waals surface area contributed by atoms with Gasteiger partial charge in [-0.15, -0.1) is 0 Å². The predicted molar refractivity (Wildman–Crippen MR) is 98.0 cm³/mol. The number of carbonyl (C=O) groups excluding carboxylic acids is 2. The van der Waals surface area contributed by atoms with Gasteiger partial charge >= 0.3 is 6.03 Å². The van der Waals surface area contributed by atoms with Gasteiger partial charge in [0.25, 0.3) is 5.91 Å². The highest BCUT2D eigenvalue weighted by atomic mass is 16.2. The summed E-state index contributed by atoms with van der Waals surface area (Å²) in [5, 5.41) is 0.815. The van der Waals surface area contributed by atoms with Crippen LogP contribution in [0.1, 0.15) is 10.4 Å². The lowest BCUT2D eigenvalue weighted by molar-refractivity contribution is 0.0939. The Balaban J connectivity index is 1.45. The minimum Gasteiger partial charge on any atom is -0.350 e. The minimum absolute atomic E-state index is 0.396. The molecule has 0 bridgehead atoms. The van der Waals surface area contributed by atoms with Gasteiger partial charge in [-0.25, -0.2) is 25.3 Å². The molecule has 0 aliphatic carbocycles. The fourth-order valence-electron chi connectivity index (χ4n) is 2.89. The normalized spacial score (nSPS) is 10.8. The third-order valence-electron chi connectivity index (χ3n) is 4.11. The third-order valence-corrected chi connectivity index (χ3v) is 4.11. The summed E-state index contributed by atoms with van der Waals surface area (Å²) in [5.41, 5.74) is 10.3. The Kier molecular flexibility index (Phi) is 3.77. The molecule has 0 saturated carbocycles. The number of carbonyl (C=O) groups is 2. The minimum atomic E-state index is -0.582. The van der Waals surface area contributed by atoms with Crippen LogP contribution in [0.5, 0.6) is 0 Å². The molecule has 0 unspecified atom stereocenters. The molecule has 3 N–H and O–H groups in total. The molecule has 3 amide bonds. The first-order chi connectivity index (χ1) is 12.6. The average Bonchev–Trinajstić information content (AvgIpc) is 3.22. The second kappa shape index (κ2) is 6.25. The van der Waals surface area contributed by atoms with Crippen molar-refractivity contribution in [3.05, 3.63) is 66.6 Å². The van der Waals surface area contributed by atoms with E-state index < -0.39 is 11.9 Å². The van der Waals surface area contributed by atoms with Gasteiger partial charge in [0.15, 0.2) is 0 Å². The van der Waals surface area contributed by atoms with E-state index in [0.717, 1.165) is 21.9 Å². The van der Waals surface area contributed by atoms with Gasteiger partial charge in [0.05, 0.1) is 16.6 Å². The van der Waals surface area contributed by atoms with E-state index in [1.165, 1.54) is 11.0 Å². The molecule has 0 saturated heterocycles. The van der Waals surface area contributed by atoms with E-state index in [2.05, 4.69) is 21.3 Å². The van der Waals surface area contributed by atoms with Gasteiger partial charge in [-0.1, -0.05) is 30.3 Å². The number of nitrogens with one attached hydrogen (secondary N) is 3. The molecule has 2 aromatic carbocycles. The first kappa shape index (κ1) is 15.7. The molecule has 8 nitrogen and oxygen atoms in total.